The van der Waals surface area contributed by atoms with Gasteiger partial charge in [0.2, 0.25) is 0 Å². The highest BCUT2D eigenvalue weighted by Crippen LogP contribution is 2.09. The molecule has 0 aliphatic carbocycles. The van der Waals surface area contributed by atoms with Gasteiger partial charge in [-0.3, -0.25) is 0 Å². The first-order valence-electron chi connectivity index (χ1n) is 3.66. The van der Waals surface area contributed by atoms with Crippen LogP contribution in [-0.2, 0) is 9.53 Å². The van der Waals surface area contributed by atoms with Crippen LogP contribution in [-0.4, -0.2) is 22.8 Å². The summed E-state index contributed by atoms with van der Waals surface area (Å²) in [6.07, 6.45) is 0. The number of esters is 1. The van der Waals surface area contributed by atoms with Crippen LogP contribution in [0.15, 0.2) is 4.99 Å². The second-order valence-corrected chi connectivity index (χ2v) is 3.61. The SMILES string of the molecule is C[C@@H](N=C=S)C(=O)OC(C)(C)C. The van der Waals surface area contributed by atoms with E-state index in [4.69, 9.17) is 4.74 Å². The zero-order chi connectivity index (χ0) is 9.78. The molecule has 0 N–H and O–H groups in total. The average Bonchev–Trinajstić information content (AvgIpc) is 1.84. The molecule has 12 heavy (non-hydrogen) atoms. The smallest absolute Gasteiger partial charge is 0.331 e. The lowest BCUT2D eigenvalue weighted by molar-refractivity contribution is -0.155. The summed E-state index contributed by atoms with van der Waals surface area (Å²) >= 11 is 4.36. The Morgan fingerprint density at radius 3 is 2.42 bits per heavy atom. The lowest BCUT2D eigenvalue weighted by Crippen LogP contribution is -2.29. The van der Waals surface area contributed by atoms with E-state index in [1.807, 2.05) is 0 Å². The number of thiocarbonyl (C=S) groups is 1. The highest BCUT2D eigenvalue weighted by molar-refractivity contribution is 7.78. The molecule has 0 radical (unpaired) electrons. The third-order valence-electron chi connectivity index (χ3n) is 0.994. The van der Waals surface area contributed by atoms with E-state index in [0.29, 0.717) is 0 Å². The van der Waals surface area contributed by atoms with Crippen LogP contribution < -0.4 is 0 Å². The molecule has 68 valence electrons. The summed E-state index contributed by atoms with van der Waals surface area (Å²) < 4.78 is 5.03. The van der Waals surface area contributed by atoms with Crippen LogP contribution in [0.4, 0.5) is 0 Å². The van der Waals surface area contributed by atoms with Crippen molar-refractivity contribution in [3.63, 3.8) is 0 Å². The van der Waals surface area contributed by atoms with Gasteiger partial charge in [-0.2, -0.15) is 0 Å². The van der Waals surface area contributed by atoms with Gasteiger partial charge in [0.25, 0.3) is 0 Å². The van der Waals surface area contributed by atoms with E-state index in [9.17, 15) is 4.79 Å². The first kappa shape index (κ1) is 11.3. The van der Waals surface area contributed by atoms with Crippen molar-refractivity contribution in [1.82, 2.24) is 0 Å². The van der Waals surface area contributed by atoms with E-state index in [1.54, 1.807) is 27.7 Å². The van der Waals surface area contributed by atoms with Gasteiger partial charge in [0, 0.05) is 0 Å². The van der Waals surface area contributed by atoms with E-state index in [-0.39, 0.29) is 5.97 Å². The van der Waals surface area contributed by atoms with Crippen molar-refractivity contribution in [2.45, 2.75) is 39.3 Å². The van der Waals surface area contributed by atoms with Crippen molar-refractivity contribution in [3.8, 4) is 0 Å². The molecule has 0 aliphatic heterocycles. The lowest BCUT2D eigenvalue weighted by Gasteiger charge is -2.20. The minimum atomic E-state index is -0.554. The summed E-state index contributed by atoms with van der Waals surface area (Å²) in [5.41, 5.74) is -0.470. The summed E-state index contributed by atoms with van der Waals surface area (Å²) in [5, 5.41) is 2.14. The van der Waals surface area contributed by atoms with Gasteiger partial charge in [0.1, 0.15) is 5.60 Å². The molecule has 0 saturated carbocycles. The molecule has 4 heteroatoms. The molecule has 0 spiro atoms. The van der Waals surface area contributed by atoms with Gasteiger partial charge in [-0.15, -0.1) is 0 Å². The summed E-state index contributed by atoms with van der Waals surface area (Å²) in [7, 11) is 0. The highest BCUT2D eigenvalue weighted by Gasteiger charge is 2.20. The molecule has 0 aromatic carbocycles. The Morgan fingerprint density at radius 2 is 2.08 bits per heavy atom. The number of hydrogen-bond donors (Lipinski definition) is 0. The summed E-state index contributed by atoms with van der Waals surface area (Å²) in [6.45, 7) is 7.03. The monoisotopic (exact) mass is 187 g/mol. The van der Waals surface area contributed by atoms with Crippen molar-refractivity contribution >= 4 is 23.3 Å². The molecule has 0 aromatic rings. The Kier molecular flexibility index (Phi) is 4.07. The van der Waals surface area contributed by atoms with E-state index < -0.39 is 11.6 Å². The van der Waals surface area contributed by atoms with Gasteiger partial charge in [-0.25, -0.2) is 9.79 Å². The summed E-state index contributed by atoms with van der Waals surface area (Å²) in [5.74, 6) is -0.375. The maximum absolute atomic E-state index is 11.1. The predicted molar refractivity (Wildman–Crippen MR) is 50.3 cm³/mol. The number of nitrogens with zero attached hydrogens (tertiary/aromatic N) is 1. The molecule has 0 saturated heterocycles. The van der Waals surface area contributed by atoms with Crippen molar-refractivity contribution in [2.75, 3.05) is 0 Å². The fourth-order valence-electron chi connectivity index (χ4n) is 0.519. The topological polar surface area (TPSA) is 38.7 Å². The van der Waals surface area contributed by atoms with Crippen LogP contribution in [0.5, 0.6) is 0 Å². The molecule has 0 amide bonds. The van der Waals surface area contributed by atoms with Gasteiger partial charge in [0.05, 0.1) is 5.16 Å². The number of carbonyl (C=O) groups is 1. The summed E-state index contributed by atoms with van der Waals surface area (Å²) in [4.78, 5) is 14.7. The molecule has 0 unspecified atom stereocenters. The van der Waals surface area contributed by atoms with E-state index in [0.717, 1.165) is 0 Å². The van der Waals surface area contributed by atoms with Crippen molar-refractivity contribution in [2.24, 2.45) is 4.99 Å². The molecule has 0 rings (SSSR count). The number of isothiocyanates is 1. The molecule has 0 bridgehead atoms. The Balaban J connectivity index is 4.14. The zero-order valence-electron chi connectivity index (χ0n) is 7.75. The number of carbonyl (C=O) groups excluding carboxylic acids is 1. The Bertz CT molecular complexity index is 214. The lowest BCUT2D eigenvalue weighted by atomic mass is 10.2. The van der Waals surface area contributed by atoms with Gasteiger partial charge in [-0.05, 0) is 39.9 Å². The summed E-state index contributed by atoms with van der Waals surface area (Å²) in [6, 6.07) is -0.554. The maximum atomic E-state index is 11.1. The van der Waals surface area contributed by atoms with Crippen LogP contribution in [0.3, 0.4) is 0 Å². The van der Waals surface area contributed by atoms with Gasteiger partial charge in [0.15, 0.2) is 6.04 Å². The van der Waals surface area contributed by atoms with E-state index in [1.165, 1.54) is 0 Å². The molecule has 0 fully saturated rings. The fraction of sp³-hybridized carbons (Fsp3) is 0.750. The van der Waals surface area contributed by atoms with Gasteiger partial charge in [-0.1, -0.05) is 0 Å². The Hall–Kier alpha value is -0.730. The maximum Gasteiger partial charge on any atom is 0.331 e. The van der Waals surface area contributed by atoms with Crippen LogP contribution >= 0.6 is 12.2 Å². The number of hydrogen-bond acceptors (Lipinski definition) is 4. The van der Waals surface area contributed by atoms with Crippen LogP contribution in [0.2, 0.25) is 0 Å². The molecule has 0 aromatic heterocycles. The highest BCUT2D eigenvalue weighted by atomic mass is 32.1. The molecule has 1 atom stereocenters. The Morgan fingerprint density at radius 1 is 1.58 bits per heavy atom. The molecular formula is C8H13NO2S. The molecule has 3 nitrogen and oxygen atoms in total. The normalized spacial score (nSPS) is 13.0. The molecular weight excluding hydrogens is 174 g/mol. The second-order valence-electron chi connectivity index (χ2n) is 3.43. The van der Waals surface area contributed by atoms with Crippen molar-refractivity contribution in [1.29, 1.82) is 0 Å². The number of ether oxygens (including phenoxy) is 1. The third kappa shape index (κ3) is 4.99. The first-order chi connectivity index (χ1) is 5.37. The van der Waals surface area contributed by atoms with E-state index in [2.05, 4.69) is 22.4 Å². The average molecular weight is 187 g/mol. The van der Waals surface area contributed by atoms with Crippen LogP contribution in [0, 0.1) is 0 Å². The van der Waals surface area contributed by atoms with Gasteiger partial charge < -0.3 is 4.74 Å². The van der Waals surface area contributed by atoms with Crippen molar-refractivity contribution < 1.29 is 9.53 Å². The standard InChI is InChI=1S/C8H13NO2S/c1-6(9-5-12)7(10)11-8(2,3)4/h6H,1-4H3/t6-/m1/s1. The van der Waals surface area contributed by atoms with Crippen molar-refractivity contribution in [3.05, 3.63) is 0 Å². The predicted octanol–water partition coefficient (Wildman–Crippen LogP) is 1.82. The van der Waals surface area contributed by atoms with Gasteiger partial charge >= 0.3 is 5.97 Å². The fourth-order valence-corrected chi connectivity index (χ4v) is 0.677. The largest absolute Gasteiger partial charge is 0.458 e. The first-order valence-corrected chi connectivity index (χ1v) is 4.07. The minimum absolute atomic E-state index is 0.375. The second kappa shape index (κ2) is 4.33. The van der Waals surface area contributed by atoms with Crippen LogP contribution in [0.1, 0.15) is 27.7 Å². The molecule has 0 aliphatic rings. The van der Waals surface area contributed by atoms with Crippen LogP contribution in [0.25, 0.3) is 0 Å². The quantitative estimate of drug-likeness (QED) is 0.376. The third-order valence-corrected chi connectivity index (χ3v) is 1.10. The number of rotatable bonds is 2. The Labute approximate surface area is 77.8 Å². The number of aliphatic imine (C=N–C) groups is 1. The minimum Gasteiger partial charge on any atom is -0.458 e. The molecule has 0 heterocycles. The van der Waals surface area contributed by atoms with E-state index >= 15 is 0 Å². The zero-order valence-corrected chi connectivity index (χ0v) is 8.57.